The first-order valence-electron chi connectivity index (χ1n) is 3.54. The fourth-order valence-electron chi connectivity index (χ4n) is 0.900. The smallest absolute Gasteiger partial charge is 0.309 e. The van der Waals surface area contributed by atoms with Crippen LogP contribution in [0.3, 0.4) is 0 Å². The van der Waals surface area contributed by atoms with E-state index in [0.29, 0.717) is 0 Å². The van der Waals surface area contributed by atoms with E-state index < -0.39 is 0 Å². The molecule has 0 aromatic heterocycles. The Hall–Kier alpha value is 0.200. The van der Waals surface area contributed by atoms with Crippen molar-refractivity contribution in [2.75, 3.05) is 0 Å². The Morgan fingerprint density at radius 1 is 1.70 bits per heavy atom. The molecule has 0 heterocycles. The molecule has 10 heavy (non-hydrogen) atoms. The van der Waals surface area contributed by atoms with Crippen LogP contribution in [0.4, 0.5) is 0 Å². The number of ether oxygens (including phenoxy) is 1. The van der Waals surface area contributed by atoms with Gasteiger partial charge < -0.3 is 4.74 Å². The van der Waals surface area contributed by atoms with Crippen LogP contribution in [0.25, 0.3) is 0 Å². The van der Waals surface area contributed by atoms with E-state index in [0.717, 1.165) is 12.8 Å². The van der Waals surface area contributed by atoms with E-state index in [9.17, 15) is 4.79 Å². The summed E-state index contributed by atoms with van der Waals surface area (Å²) in [6.45, 7) is 1.87. The van der Waals surface area contributed by atoms with Gasteiger partial charge in [0.05, 0.1) is 5.92 Å². The summed E-state index contributed by atoms with van der Waals surface area (Å²) in [5.41, 5.74) is 0. The van der Waals surface area contributed by atoms with E-state index in [1.807, 2.05) is 6.92 Å². The van der Waals surface area contributed by atoms with Crippen LogP contribution in [0.2, 0.25) is 0 Å². The van der Waals surface area contributed by atoms with Gasteiger partial charge in [-0.05, 0) is 42.4 Å². The molecule has 1 fully saturated rings. The molecule has 1 aliphatic rings. The fraction of sp³-hybridized carbons (Fsp3) is 0.857. The summed E-state index contributed by atoms with van der Waals surface area (Å²) in [6, 6.07) is 0. The standard InChI is InChI=1S/C7H11IO2/c1-5(8)10-7(9)6-3-2-4-6/h5-6H,2-4H2,1H3. The lowest BCUT2D eigenvalue weighted by Gasteiger charge is -2.23. The summed E-state index contributed by atoms with van der Waals surface area (Å²) >= 11 is 2.09. The maximum Gasteiger partial charge on any atom is 0.309 e. The molecule has 0 aliphatic heterocycles. The summed E-state index contributed by atoms with van der Waals surface area (Å²) in [5, 5.41) is 0. The minimum atomic E-state index is -0.00634. The number of esters is 1. The number of hydrogen-bond donors (Lipinski definition) is 0. The second-order valence-electron chi connectivity index (χ2n) is 2.61. The predicted molar refractivity (Wildman–Crippen MR) is 46.9 cm³/mol. The molecule has 0 saturated heterocycles. The topological polar surface area (TPSA) is 26.3 Å². The van der Waals surface area contributed by atoms with Crippen LogP contribution in [0, 0.1) is 5.92 Å². The highest BCUT2D eigenvalue weighted by molar-refractivity contribution is 14.1. The van der Waals surface area contributed by atoms with Crippen molar-refractivity contribution in [1.29, 1.82) is 0 Å². The van der Waals surface area contributed by atoms with Crippen molar-refractivity contribution in [3.63, 3.8) is 0 Å². The molecule has 0 aromatic carbocycles. The summed E-state index contributed by atoms with van der Waals surface area (Å²) < 4.78 is 5.02. The molecule has 58 valence electrons. The van der Waals surface area contributed by atoms with Crippen molar-refractivity contribution in [2.24, 2.45) is 5.92 Å². The van der Waals surface area contributed by atoms with Gasteiger partial charge in [0.15, 0.2) is 0 Å². The van der Waals surface area contributed by atoms with Crippen molar-refractivity contribution >= 4 is 28.6 Å². The van der Waals surface area contributed by atoms with Gasteiger partial charge >= 0.3 is 5.97 Å². The number of hydrogen-bond acceptors (Lipinski definition) is 2. The van der Waals surface area contributed by atoms with E-state index in [1.165, 1.54) is 6.42 Å². The molecule has 2 nitrogen and oxygen atoms in total. The molecule has 0 radical (unpaired) electrons. The Morgan fingerprint density at radius 2 is 2.30 bits per heavy atom. The second-order valence-corrected chi connectivity index (χ2v) is 4.36. The van der Waals surface area contributed by atoms with E-state index >= 15 is 0 Å². The first kappa shape index (κ1) is 8.30. The monoisotopic (exact) mass is 254 g/mol. The summed E-state index contributed by atoms with van der Waals surface area (Å²) in [4.78, 5) is 11.0. The maximum absolute atomic E-state index is 11.0. The van der Waals surface area contributed by atoms with E-state index in [2.05, 4.69) is 22.6 Å². The van der Waals surface area contributed by atoms with Crippen molar-refractivity contribution in [3.05, 3.63) is 0 Å². The number of halogens is 1. The van der Waals surface area contributed by atoms with Crippen molar-refractivity contribution in [3.8, 4) is 0 Å². The average Bonchev–Trinajstić information content (AvgIpc) is 1.55. The first-order valence-corrected chi connectivity index (χ1v) is 4.79. The lowest BCUT2D eigenvalue weighted by molar-refractivity contribution is -0.151. The molecule has 0 bridgehead atoms. The zero-order chi connectivity index (χ0) is 7.56. The number of alkyl halides is 1. The summed E-state index contributed by atoms with van der Waals surface area (Å²) in [5.74, 6) is 0.213. The molecule has 3 heteroatoms. The lowest BCUT2D eigenvalue weighted by Crippen LogP contribution is -2.25. The quantitative estimate of drug-likeness (QED) is 0.428. The third-order valence-corrected chi connectivity index (χ3v) is 1.97. The van der Waals surface area contributed by atoms with Crippen LogP contribution in [-0.4, -0.2) is 10.1 Å². The molecule has 1 atom stereocenters. The average molecular weight is 254 g/mol. The Labute approximate surface area is 74.5 Å². The van der Waals surface area contributed by atoms with E-state index in [4.69, 9.17) is 4.74 Å². The van der Waals surface area contributed by atoms with Crippen LogP contribution in [0.1, 0.15) is 26.2 Å². The molecule has 1 rings (SSSR count). The third-order valence-electron chi connectivity index (χ3n) is 1.72. The van der Waals surface area contributed by atoms with Gasteiger partial charge in [-0.25, -0.2) is 0 Å². The highest BCUT2D eigenvalue weighted by Crippen LogP contribution is 2.28. The molecule has 1 aliphatic carbocycles. The third kappa shape index (κ3) is 2.11. The van der Waals surface area contributed by atoms with Crippen molar-refractivity contribution in [2.45, 2.75) is 30.3 Å². The molecule has 0 amide bonds. The van der Waals surface area contributed by atoms with Crippen LogP contribution in [0.15, 0.2) is 0 Å². The Balaban J connectivity index is 2.20. The minimum Gasteiger partial charge on any atom is -0.452 e. The zero-order valence-electron chi connectivity index (χ0n) is 5.97. The van der Waals surface area contributed by atoms with Crippen molar-refractivity contribution < 1.29 is 9.53 Å². The van der Waals surface area contributed by atoms with Gasteiger partial charge in [-0.2, -0.15) is 0 Å². The van der Waals surface area contributed by atoms with Gasteiger partial charge in [0.1, 0.15) is 4.11 Å². The largest absolute Gasteiger partial charge is 0.452 e. The highest BCUT2D eigenvalue weighted by Gasteiger charge is 2.27. The Bertz CT molecular complexity index is 130. The number of carbonyl (C=O) groups excluding carboxylic acids is 1. The van der Waals surface area contributed by atoms with Gasteiger partial charge in [0.25, 0.3) is 0 Å². The zero-order valence-corrected chi connectivity index (χ0v) is 8.13. The molecule has 0 N–H and O–H groups in total. The first-order chi connectivity index (χ1) is 4.70. The van der Waals surface area contributed by atoms with Gasteiger partial charge in [0.2, 0.25) is 0 Å². The van der Waals surface area contributed by atoms with E-state index in [1.54, 1.807) is 0 Å². The molecule has 1 saturated carbocycles. The van der Waals surface area contributed by atoms with Crippen LogP contribution in [0.5, 0.6) is 0 Å². The maximum atomic E-state index is 11.0. The SMILES string of the molecule is CC(I)OC(=O)C1CCC1. The minimum absolute atomic E-state index is 0.00634. The van der Waals surface area contributed by atoms with Gasteiger partial charge in [0, 0.05) is 0 Å². The molecule has 1 unspecified atom stereocenters. The number of carbonyl (C=O) groups is 1. The Kier molecular flexibility index (Phi) is 2.95. The Morgan fingerprint density at radius 3 is 2.60 bits per heavy atom. The van der Waals surface area contributed by atoms with Crippen LogP contribution < -0.4 is 0 Å². The van der Waals surface area contributed by atoms with E-state index in [-0.39, 0.29) is 16.0 Å². The predicted octanol–water partition coefficient (Wildman–Crippen LogP) is 2.11. The summed E-state index contributed by atoms with van der Waals surface area (Å²) in [7, 11) is 0. The van der Waals surface area contributed by atoms with Gasteiger partial charge in [-0.1, -0.05) is 6.42 Å². The lowest BCUT2D eigenvalue weighted by atomic mass is 9.86. The molecule has 0 aromatic rings. The fourth-order valence-corrected chi connectivity index (χ4v) is 1.15. The van der Waals surface area contributed by atoms with Crippen molar-refractivity contribution in [1.82, 2.24) is 0 Å². The summed E-state index contributed by atoms with van der Waals surface area (Å²) in [6.07, 6.45) is 3.25. The van der Waals surface area contributed by atoms with Gasteiger partial charge in [-0.15, -0.1) is 0 Å². The molecule has 0 spiro atoms. The normalized spacial score (nSPS) is 21.4. The number of rotatable bonds is 2. The van der Waals surface area contributed by atoms with Crippen LogP contribution in [-0.2, 0) is 9.53 Å². The van der Waals surface area contributed by atoms with Gasteiger partial charge in [-0.3, -0.25) is 4.79 Å². The second kappa shape index (κ2) is 3.55. The molecular weight excluding hydrogens is 243 g/mol. The van der Waals surface area contributed by atoms with Crippen LogP contribution >= 0.6 is 22.6 Å². The highest BCUT2D eigenvalue weighted by atomic mass is 127. The molecular formula is C7H11IO2.